The minimum Gasteiger partial charge on any atom is -0.480 e. The van der Waals surface area contributed by atoms with Gasteiger partial charge in [0.1, 0.15) is 6.04 Å². The summed E-state index contributed by atoms with van der Waals surface area (Å²) in [5, 5.41) is 27.8. The van der Waals surface area contributed by atoms with E-state index in [0.29, 0.717) is 13.2 Å². The first-order valence-electron chi connectivity index (χ1n) is 6.21. The van der Waals surface area contributed by atoms with E-state index in [9.17, 15) is 19.8 Å². The van der Waals surface area contributed by atoms with Crippen LogP contribution < -0.4 is 0 Å². The van der Waals surface area contributed by atoms with Crippen LogP contribution in [0.5, 0.6) is 0 Å². The van der Waals surface area contributed by atoms with Crippen molar-refractivity contribution >= 4 is 12.0 Å². The van der Waals surface area contributed by atoms with E-state index in [4.69, 9.17) is 9.84 Å². The summed E-state index contributed by atoms with van der Waals surface area (Å²) in [6.45, 7) is 0.668. The fraction of sp³-hybridized carbons (Fsp3) is 0.818. The Morgan fingerprint density at radius 3 is 2.68 bits per heavy atom. The van der Waals surface area contributed by atoms with E-state index in [2.05, 4.69) is 0 Å². The van der Waals surface area contributed by atoms with Crippen molar-refractivity contribution in [1.82, 2.24) is 9.80 Å². The third-order valence-corrected chi connectivity index (χ3v) is 3.49. The van der Waals surface area contributed by atoms with Gasteiger partial charge < -0.3 is 29.9 Å². The number of rotatable bonds is 2. The number of aliphatic hydroxyl groups excluding tert-OH is 2. The van der Waals surface area contributed by atoms with Gasteiger partial charge in [0, 0.05) is 19.5 Å². The Labute approximate surface area is 110 Å². The Morgan fingerprint density at radius 2 is 2.05 bits per heavy atom. The summed E-state index contributed by atoms with van der Waals surface area (Å²) in [6, 6.07) is -1.94. The highest BCUT2D eigenvalue weighted by atomic mass is 16.5. The van der Waals surface area contributed by atoms with Gasteiger partial charge in [-0.2, -0.15) is 0 Å². The van der Waals surface area contributed by atoms with Crippen molar-refractivity contribution in [3.05, 3.63) is 0 Å². The predicted molar refractivity (Wildman–Crippen MR) is 62.5 cm³/mol. The number of likely N-dealkylation sites (tertiary alicyclic amines) is 1. The average molecular weight is 274 g/mol. The molecule has 3 N–H and O–H groups in total. The number of aliphatic hydroxyl groups is 2. The van der Waals surface area contributed by atoms with E-state index in [1.807, 2.05) is 0 Å². The number of ether oxygens (including phenoxy) is 1. The van der Waals surface area contributed by atoms with Crippen LogP contribution in [0, 0.1) is 0 Å². The van der Waals surface area contributed by atoms with Gasteiger partial charge in [-0.25, -0.2) is 9.59 Å². The molecule has 2 aliphatic heterocycles. The molecular formula is C11H18N2O6. The molecule has 2 heterocycles. The van der Waals surface area contributed by atoms with Crippen molar-refractivity contribution in [3.63, 3.8) is 0 Å². The zero-order chi connectivity index (χ0) is 14.0. The van der Waals surface area contributed by atoms with Crippen LogP contribution in [-0.4, -0.2) is 88.2 Å². The number of carbonyl (C=O) groups is 2. The van der Waals surface area contributed by atoms with Gasteiger partial charge >= 0.3 is 12.0 Å². The summed E-state index contributed by atoms with van der Waals surface area (Å²) < 4.78 is 5.17. The van der Waals surface area contributed by atoms with Crippen LogP contribution in [0.2, 0.25) is 0 Å². The largest absolute Gasteiger partial charge is 0.480 e. The van der Waals surface area contributed by atoms with Gasteiger partial charge in [0.2, 0.25) is 0 Å². The van der Waals surface area contributed by atoms with Crippen LogP contribution in [0.4, 0.5) is 4.79 Å². The van der Waals surface area contributed by atoms with E-state index < -0.39 is 30.2 Å². The van der Waals surface area contributed by atoms with Gasteiger partial charge in [0.05, 0.1) is 32.0 Å². The lowest BCUT2D eigenvalue weighted by atomic mass is 10.2. The molecule has 2 aliphatic rings. The van der Waals surface area contributed by atoms with Gasteiger partial charge in [0.15, 0.2) is 0 Å². The molecule has 0 aliphatic carbocycles. The second-order valence-electron chi connectivity index (χ2n) is 4.78. The lowest BCUT2D eigenvalue weighted by molar-refractivity contribution is -0.141. The Morgan fingerprint density at radius 1 is 1.32 bits per heavy atom. The second-order valence-corrected chi connectivity index (χ2v) is 4.78. The molecule has 2 fully saturated rings. The lowest BCUT2D eigenvalue weighted by Crippen LogP contribution is -2.56. The van der Waals surface area contributed by atoms with E-state index in [0.717, 1.165) is 4.90 Å². The van der Waals surface area contributed by atoms with Crippen molar-refractivity contribution in [3.8, 4) is 0 Å². The Bertz CT molecular complexity index is 363. The van der Waals surface area contributed by atoms with Crippen molar-refractivity contribution < 1.29 is 29.6 Å². The third-order valence-electron chi connectivity index (χ3n) is 3.49. The zero-order valence-corrected chi connectivity index (χ0v) is 10.4. The molecule has 2 rings (SSSR count). The van der Waals surface area contributed by atoms with E-state index >= 15 is 0 Å². The topological polar surface area (TPSA) is 111 Å². The number of carboxylic acids is 1. The molecular weight excluding hydrogens is 256 g/mol. The zero-order valence-electron chi connectivity index (χ0n) is 10.4. The van der Waals surface area contributed by atoms with Crippen LogP contribution in [0.25, 0.3) is 0 Å². The average Bonchev–Trinajstić information content (AvgIpc) is 2.80. The van der Waals surface area contributed by atoms with Crippen molar-refractivity contribution in [2.24, 2.45) is 0 Å². The number of β-amino-alcohol motifs (C(OH)–C–C–N with tert-alkyl or cyclic N) is 1. The molecule has 0 radical (unpaired) electrons. The molecule has 2 saturated heterocycles. The van der Waals surface area contributed by atoms with Gasteiger partial charge in [-0.15, -0.1) is 0 Å². The number of amides is 2. The van der Waals surface area contributed by atoms with Crippen molar-refractivity contribution in [1.29, 1.82) is 0 Å². The maximum Gasteiger partial charge on any atom is 0.326 e. The molecule has 0 aromatic heterocycles. The number of aliphatic carboxylic acids is 1. The summed E-state index contributed by atoms with van der Waals surface area (Å²) in [5.74, 6) is -1.13. The van der Waals surface area contributed by atoms with E-state index in [1.165, 1.54) is 4.90 Å². The molecule has 2 amide bonds. The first-order chi connectivity index (χ1) is 9.04. The number of carbonyl (C=O) groups excluding carboxylic acids is 1. The highest BCUT2D eigenvalue weighted by Crippen LogP contribution is 2.21. The first kappa shape index (κ1) is 14.0. The van der Waals surface area contributed by atoms with Gasteiger partial charge in [-0.3, -0.25) is 0 Å². The smallest absolute Gasteiger partial charge is 0.326 e. The molecule has 0 aromatic rings. The number of morpholine rings is 1. The molecule has 8 nitrogen and oxygen atoms in total. The molecule has 3 atom stereocenters. The molecule has 108 valence electrons. The highest BCUT2D eigenvalue weighted by molar-refractivity contribution is 5.83. The van der Waals surface area contributed by atoms with Gasteiger partial charge in [-0.1, -0.05) is 0 Å². The summed E-state index contributed by atoms with van der Waals surface area (Å²) in [4.78, 5) is 26.0. The van der Waals surface area contributed by atoms with Crippen LogP contribution in [0.1, 0.15) is 6.42 Å². The molecule has 2 unspecified atom stereocenters. The van der Waals surface area contributed by atoms with E-state index in [-0.39, 0.29) is 26.2 Å². The fourth-order valence-electron chi connectivity index (χ4n) is 2.48. The molecule has 0 aromatic carbocycles. The molecule has 0 spiro atoms. The Hall–Kier alpha value is -1.38. The minimum absolute atomic E-state index is 0.00526. The molecule has 0 saturated carbocycles. The summed E-state index contributed by atoms with van der Waals surface area (Å²) in [6.07, 6.45) is -0.784. The lowest BCUT2D eigenvalue weighted by Gasteiger charge is -2.37. The fourth-order valence-corrected chi connectivity index (χ4v) is 2.48. The monoisotopic (exact) mass is 274 g/mol. The number of nitrogens with zero attached hydrogens (tertiary/aromatic N) is 2. The van der Waals surface area contributed by atoms with Crippen molar-refractivity contribution in [2.45, 2.75) is 24.6 Å². The number of carboxylic acid groups (broad SMARTS) is 1. The summed E-state index contributed by atoms with van der Waals surface area (Å²) in [7, 11) is 0. The van der Waals surface area contributed by atoms with Crippen LogP contribution in [-0.2, 0) is 9.53 Å². The molecule has 19 heavy (non-hydrogen) atoms. The first-order valence-corrected chi connectivity index (χ1v) is 6.21. The number of hydrogen-bond acceptors (Lipinski definition) is 5. The summed E-state index contributed by atoms with van der Waals surface area (Å²) in [5.41, 5.74) is 0. The van der Waals surface area contributed by atoms with E-state index in [1.54, 1.807) is 0 Å². The predicted octanol–water partition coefficient (Wildman–Crippen LogP) is -1.68. The van der Waals surface area contributed by atoms with Crippen LogP contribution >= 0.6 is 0 Å². The molecule has 0 bridgehead atoms. The Kier molecular flexibility index (Phi) is 4.23. The second kappa shape index (κ2) is 5.72. The molecule has 8 heteroatoms. The standard InChI is InChI=1S/C11H18N2O6/c14-5-7-6-19-2-1-12(7)11(18)13-4-8(15)3-9(13)10(16)17/h7-9,14-15H,1-6H2,(H,16,17)/t7?,8?,9-/m0/s1. The van der Waals surface area contributed by atoms with Gasteiger partial charge in [0.25, 0.3) is 0 Å². The Balaban J connectivity index is 2.11. The third kappa shape index (κ3) is 2.80. The normalized spacial score (nSPS) is 31.6. The SMILES string of the molecule is O=C(O)[C@@H]1CC(O)CN1C(=O)N1CCOCC1CO. The minimum atomic E-state index is -1.13. The van der Waals surface area contributed by atoms with Crippen molar-refractivity contribution in [2.75, 3.05) is 32.9 Å². The number of hydrogen-bond donors (Lipinski definition) is 3. The van der Waals surface area contributed by atoms with Crippen LogP contribution in [0.15, 0.2) is 0 Å². The maximum absolute atomic E-state index is 12.3. The van der Waals surface area contributed by atoms with Crippen LogP contribution in [0.3, 0.4) is 0 Å². The summed E-state index contributed by atoms with van der Waals surface area (Å²) >= 11 is 0. The number of urea groups is 1. The van der Waals surface area contributed by atoms with Gasteiger partial charge in [-0.05, 0) is 0 Å². The maximum atomic E-state index is 12.3. The highest BCUT2D eigenvalue weighted by Gasteiger charge is 2.42. The quantitative estimate of drug-likeness (QED) is 0.554.